The average Bonchev–Trinajstić information content (AvgIpc) is 2.50. The van der Waals surface area contributed by atoms with E-state index in [-0.39, 0.29) is 12.2 Å². The molecule has 0 unspecified atom stereocenters. The maximum absolute atomic E-state index is 12.5. The molecule has 0 spiro atoms. The molecule has 2 rings (SSSR count). The SMILES string of the molecule is CCc1cnccc1C(=O)Cc1ncc(C)c(OC)c1C. The van der Waals surface area contributed by atoms with Gasteiger partial charge in [-0.05, 0) is 31.9 Å². The predicted molar refractivity (Wildman–Crippen MR) is 81.9 cm³/mol. The van der Waals surface area contributed by atoms with Gasteiger partial charge in [-0.2, -0.15) is 0 Å². The van der Waals surface area contributed by atoms with E-state index in [1.807, 2.05) is 20.8 Å². The number of methoxy groups -OCH3 is 1. The first-order valence-electron chi connectivity index (χ1n) is 7.03. The van der Waals surface area contributed by atoms with E-state index in [1.54, 1.807) is 31.8 Å². The third kappa shape index (κ3) is 3.10. The van der Waals surface area contributed by atoms with E-state index in [0.29, 0.717) is 0 Å². The van der Waals surface area contributed by atoms with Crippen molar-refractivity contribution in [2.45, 2.75) is 33.6 Å². The third-order valence-electron chi connectivity index (χ3n) is 3.66. The van der Waals surface area contributed by atoms with Crippen molar-refractivity contribution in [2.24, 2.45) is 0 Å². The van der Waals surface area contributed by atoms with Gasteiger partial charge in [0, 0.05) is 35.3 Å². The van der Waals surface area contributed by atoms with Gasteiger partial charge in [-0.3, -0.25) is 14.8 Å². The molecular weight excluding hydrogens is 264 g/mol. The Morgan fingerprint density at radius 3 is 2.71 bits per heavy atom. The van der Waals surface area contributed by atoms with Crippen LogP contribution in [0.15, 0.2) is 24.7 Å². The molecule has 0 amide bonds. The van der Waals surface area contributed by atoms with Crippen molar-refractivity contribution >= 4 is 5.78 Å². The van der Waals surface area contributed by atoms with Crippen LogP contribution in [0.3, 0.4) is 0 Å². The van der Waals surface area contributed by atoms with Crippen LogP contribution < -0.4 is 4.74 Å². The minimum atomic E-state index is 0.0655. The highest BCUT2D eigenvalue weighted by Crippen LogP contribution is 2.25. The van der Waals surface area contributed by atoms with Crippen LogP contribution in [-0.2, 0) is 12.8 Å². The van der Waals surface area contributed by atoms with Crippen LogP contribution in [0.25, 0.3) is 0 Å². The summed E-state index contributed by atoms with van der Waals surface area (Å²) in [5.41, 5.74) is 4.37. The Morgan fingerprint density at radius 1 is 1.29 bits per heavy atom. The first-order valence-corrected chi connectivity index (χ1v) is 7.03. The normalized spacial score (nSPS) is 10.5. The van der Waals surface area contributed by atoms with E-state index in [2.05, 4.69) is 9.97 Å². The summed E-state index contributed by atoms with van der Waals surface area (Å²) in [4.78, 5) is 21.0. The Balaban J connectivity index is 2.32. The molecule has 0 radical (unpaired) electrons. The number of nitrogens with zero attached hydrogens (tertiary/aromatic N) is 2. The second-order valence-electron chi connectivity index (χ2n) is 5.03. The molecule has 0 fully saturated rings. The van der Waals surface area contributed by atoms with Crippen LogP contribution in [-0.4, -0.2) is 22.9 Å². The van der Waals surface area contributed by atoms with Crippen LogP contribution in [0, 0.1) is 13.8 Å². The number of rotatable bonds is 5. The Morgan fingerprint density at radius 2 is 2.05 bits per heavy atom. The zero-order chi connectivity index (χ0) is 15.4. The number of ether oxygens (including phenoxy) is 1. The summed E-state index contributed by atoms with van der Waals surface area (Å²) in [5, 5.41) is 0. The Hall–Kier alpha value is -2.23. The summed E-state index contributed by atoms with van der Waals surface area (Å²) in [7, 11) is 1.64. The zero-order valence-electron chi connectivity index (χ0n) is 12.9. The molecular formula is C17H20N2O2. The average molecular weight is 284 g/mol. The van der Waals surface area contributed by atoms with Crippen LogP contribution in [0.1, 0.15) is 39.7 Å². The molecule has 0 bridgehead atoms. The standard InChI is InChI=1S/C17H20N2O2/c1-5-13-10-18-7-6-14(13)16(20)8-15-12(3)17(21-4)11(2)9-19-15/h6-7,9-10H,5,8H2,1-4H3. The van der Waals surface area contributed by atoms with E-state index in [1.165, 1.54) is 0 Å². The molecule has 4 nitrogen and oxygen atoms in total. The molecule has 4 heteroatoms. The summed E-state index contributed by atoms with van der Waals surface area (Å²) >= 11 is 0. The van der Waals surface area contributed by atoms with E-state index in [9.17, 15) is 4.79 Å². The molecule has 0 saturated carbocycles. The van der Waals surface area contributed by atoms with Gasteiger partial charge in [-0.1, -0.05) is 6.92 Å². The second-order valence-corrected chi connectivity index (χ2v) is 5.03. The summed E-state index contributed by atoms with van der Waals surface area (Å²) in [6, 6.07) is 1.78. The van der Waals surface area contributed by atoms with Crippen molar-refractivity contribution in [1.82, 2.24) is 9.97 Å². The lowest BCUT2D eigenvalue weighted by atomic mass is 9.99. The Bertz CT molecular complexity index is 666. The maximum Gasteiger partial charge on any atom is 0.169 e. The number of carbonyl (C=O) groups is 1. The van der Waals surface area contributed by atoms with Crippen molar-refractivity contribution in [3.05, 3.63) is 52.6 Å². The summed E-state index contributed by atoms with van der Waals surface area (Å²) in [6.45, 7) is 5.91. The fourth-order valence-electron chi connectivity index (χ4n) is 2.48. The number of aromatic nitrogens is 2. The number of ketones is 1. The van der Waals surface area contributed by atoms with Gasteiger partial charge in [-0.15, -0.1) is 0 Å². The number of aryl methyl sites for hydroxylation is 2. The van der Waals surface area contributed by atoms with Crippen LogP contribution in [0.4, 0.5) is 0 Å². The molecule has 110 valence electrons. The van der Waals surface area contributed by atoms with Crippen molar-refractivity contribution in [2.75, 3.05) is 7.11 Å². The highest BCUT2D eigenvalue weighted by molar-refractivity contribution is 5.98. The highest BCUT2D eigenvalue weighted by Gasteiger charge is 2.16. The fraction of sp³-hybridized carbons (Fsp3) is 0.353. The van der Waals surface area contributed by atoms with E-state index >= 15 is 0 Å². The van der Waals surface area contributed by atoms with Gasteiger partial charge >= 0.3 is 0 Å². The first kappa shape index (κ1) is 15.2. The van der Waals surface area contributed by atoms with Gasteiger partial charge in [0.15, 0.2) is 5.78 Å². The lowest BCUT2D eigenvalue weighted by molar-refractivity contribution is 0.0990. The summed E-state index contributed by atoms with van der Waals surface area (Å²) in [6.07, 6.45) is 6.23. The fourth-order valence-corrected chi connectivity index (χ4v) is 2.48. The van der Waals surface area contributed by atoms with Gasteiger partial charge < -0.3 is 4.74 Å². The first-order chi connectivity index (χ1) is 10.1. The molecule has 21 heavy (non-hydrogen) atoms. The summed E-state index contributed by atoms with van der Waals surface area (Å²) < 4.78 is 5.39. The molecule has 0 N–H and O–H groups in total. The predicted octanol–water partition coefficient (Wildman–Crippen LogP) is 3.09. The Kier molecular flexibility index (Phi) is 4.68. The molecule has 0 aliphatic carbocycles. The molecule has 0 atom stereocenters. The largest absolute Gasteiger partial charge is 0.496 e. The third-order valence-corrected chi connectivity index (χ3v) is 3.66. The van der Waals surface area contributed by atoms with E-state index in [4.69, 9.17) is 4.74 Å². The lowest BCUT2D eigenvalue weighted by Gasteiger charge is -2.12. The Labute approximate surface area is 125 Å². The molecule has 2 heterocycles. The van der Waals surface area contributed by atoms with Crippen molar-refractivity contribution in [3.63, 3.8) is 0 Å². The number of hydrogen-bond acceptors (Lipinski definition) is 4. The van der Waals surface area contributed by atoms with Gasteiger partial charge in [-0.25, -0.2) is 0 Å². The van der Waals surface area contributed by atoms with Gasteiger partial charge in [0.2, 0.25) is 0 Å². The van der Waals surface area contributed by atoms with Crippen LogP contribution >= 0.6 is 0 Å². The van der Waals surface area contributed by atoms with Crippen molar-refractivity contribution in [1.29, 1.82) is 0 Å². The minimum absolute atomic E-state index is 0.0655. The van der Waals surface area contributed by atoms with Crippen molar-refractivity contribution < 1.29 is 9.53 Å². The van der Waals surface area contributed by atoms with Gasteiger partial charge in [0.05, 0.1) is 19.2 Å². The molecule has 2 aromatic heterocycles. The zero-order valence-corrected chi connectivity index (χ0v) is 12.9. The van der Waals surface area contributed by atoms with E-state index < -0.39 is 0 Å². The van der Waals surface area contributed by atoms with Gasteiger partial charge in [0.1, 0.15) is 5.75 Å². The number of Topliss-reactive ketones (excluding diaryl/α,β-unsaturated/α-hetero) is 1. The second kappa shape index (κ2) is 6.48. The highest BCUT2D eigenvalue weighted by atomic mass is 16.5. The summed E-state index contributed by atoms with van der Waals surface area (Å²) in [5.74, 6) is 0.869. The minimum Gasteiger partial charge on any atom is -0.496 e. The lowest BCUT2D eigenvalue weighted by Crippen LogP contribution is -2.10. The monoisotopic (exact) mass is 284 g/mol. The topological polar surface area (TPSA) is 52.1 Å². The molecule has 0 saturated heterocycles. The maximum atomic E-state index is 12.5. The number of hydrogen-bond donors (Lipinski definition) is 0. The molecule has 2 aromatic rings. The van der Waals surface area contributed by atoms with E-state index in [0.717, 1.165) is 40.1 Å². The molecule has 0 aliphatic heterocycles. The number of carbonyl (C=O) groups excluding carboxylic acids is 1. The van der Waals surface area contributed by atoms with Crippen molar-refractivity contribution in [3.8, 4) is 5.75 Å². The number of pyridine rings is 2. The van der Waals surface area contributed by atoms with Gasteiger partial charge in [0.25, 0.3) is 0 Å². The molecule has 0 aliphatic rings. The van der Waals surface area contributed by atoms with Crippen LogP contribution in [0.2, 0.25) is 0 Å². The van der Waals surface area contributed by atoms with Crippen LogP contribution in [0.5, 0.6) is 5.75 Å². The smallest absolute Gasteiger partial charge is 0.169 e. The molecule has 0 aromatic carbocycles. The quantitative estimate of drug-likeness (QED) is 0.792.